The van der Waals surface area contributed by atoms with Crippen LogP contribution < -0.4 is 0 Å². The van der Waals surface area contributed by atoms with Crippen LogP contribution >= 0.6 is 0 Å². The summed E-state index contributed by atoms with van der Waals surface area (Å²) in [6.45, 7) is 4.01. The standard InChI is InChI=1S/C14H13N3O3/c1-8-6-15-12(20-8)7-17-9(2)16-11-5-3-4-10(13(11)17)14(18)19/h3-6H,7H2,1-2H3,(H,18,19). The summed E-state index contributed by atoms with van der Waals surface area (Å²) in [6.07, 6.45) is 1.64. The Hall–Kier alpha value is -2.63. The van der Waals surface area contributed by atoms with Crippen molar-refractivity contribution in [3.05, 3.63) is 47.4 Å². The van der Waals surface area contributed by atoms with Crippen molar-refractivity contribution in [1.29, 1.82) is 0 Å². The molecule has 0 atom stereocenters. The van der Waals surface area contributed by atoms with Crippen molar-refractivity contribution >= 4 is 17.0 Å². The van der Waals surface area contributed by atoms with Crippen molar-refractivity contribution in [1.82, 2.24) is 14.5 Å². The lowest BCUT2D eigenvalue weighted by Crippen LogP contribution is -2.06. The van der Waals surface area contributed by atoms with E-state index >= 15 is 0 Å². The molecule has 2 heterocycles. The number of carbonyl (C=O) groups is 1. The number of hydrogen-bond donors (Lipinski definition) is 1. The number of carboxylic acid groups (broad SMARTS) is 1. The second-order valence-corrected chi connectivity index (χ2v) is 4.59. The lowest BCUT2D eigenvalue weighted by atomic mass is 10.2. The van der Waals surface area contributed by atoms with Gasteiger partial charge in [-0.3, -0.25) is 0 Å². The number of benzene rings is 1. The lowest BCUT2D eigenvalue weighted by Gasteiger charge is -2.06. The SMILES string of the molecule is Cc1cnc(Cn2c(C)nc3cccc(C(=O)O)c32)o1. The van der Waals surface area contributed by atoms with Gasteiger partial charge in [0, 0.05) is 0 Å². The van der Waals surface area contributed by atoms with Crippen molar-refractivity contribution in [3.8, 4) is 0 Å². The van der Waals surface area contributed by atoms with Gasteiger partial charge in [0.15, 0.2) is 0 Å². The highest BCUT2D eigenvalue weighted by Gasteiger charge is 2.17. The Morgan fingerprint density at radius 1 is 1.40 bits per heavy atom. The zero-order valence-corrected chi connectivity index (χ0v) is 11.1. The molecule has 0 saturated heterocycles. The quantitative estimate of drug-likeness (QED) is 0.791. The van der Waals surface area contributed by atoms with Crippen LogP contribution in [0.4, 0.5) is 0 Å². The first-order valence-corrected chi connectivity index (χ1v) is 6.16. The van der Waals surface area contributed by atoms with Crippen LogP contribution in [-0.4, -0.2) is 25.6 Å². The summed E-state index contributed by atoms with van der Waals surface area (Å²) in [6, 6.07) is 5.06. The molecule has 6 heteroatoms. The van der Waals surface area contributed by atoms with Crippen LogP contribution in [0.2, 0.25) is 0 Å². The van der Waals surface area contributed by atoms with Gasteiger partial charge in [-0.15, -0.1) is 0 Å². The Morgan fingerprint density at radius 2 is 2.20 bits per heavy atom. The van der Waals surface area contributed by atoms with Crippen LogP contribution in [0.15, 0.2) is 28.8 Å². The Labute approximate surface area is 114 Å². The zero-order valence-electron chi connectivity index (χ0n) is 11.1. The normalized spacial score (nSPS) is 11.1. The maximum atomic E-state index is 11.4. The van der Waals surface area contributed by atoms with Gasteiger partial charge in [0.05, 0.1) is 22.8 Å². The summed E-state index contributed by atoms with van der Waals surface area (Å²) in [5.74, 6) is 1.01. The smallest absolute Gasteiger partial charge is 0.337 e. The van der Waals surface area contributed by atoms with Gasteiger partial charge in [-0.2, -0.15) is 0 Å². The minimum absolute atomic E-state index is 0.228. The Morgan fingerprint density at radius 3 is 2.85 bits per heavy atom. The summed E-state index contributed by atoms with van der Waals surface area (Å²) in [7, 11) is 0. The molecule has 2 aromatic heterocycles. The fraction of sp³-hybridized carbons (Fsp3) is 0.214. The van der Waals surface area contributed by atoms with Crippen LogP contribution in [0.25, 0.3) is 11.0 Å². The Kier molecular flexibility index (Phi) is 2.78. The van der Waals surface area contributed by atoms with Gasteiger partial charge >= 0.3 is 5.97 Å². The van der Waals surface area contributed by atoms with Gasteiger partial charge in [0.1, 0.15) is 18.1 Å². The number of nitrogens with zero attached hydrogens (tertiary/aromatic N) is 3. The highest BCUT2D eigenvalue weighted by atomic mass is 16.4. The van der Waals surface area contributed by atoms with Crippen molar-refractivity contribution in [3.63, 3.8) is 0 Å². The third kappa shape index (κ3) is 1.95. The maximum absolute atomic E-state index is 11.4. The first-order chi connectivity index (χ1) is 9.56. The predicted octanol–water partition coefficient (Wildman–Crippen LogP) is 2.39. The number of carboxylic acids is 1. The van der Waals surface area contributed by atoms with Crippen LogP contribution in [-0.2, 0) is 6.54 Å². The number of imidazole rings is 1. The third-order valence-corrected chi connectivity index (χ3v) is 3.15. The second-order valence-electron chi connectivity index (χ2n) is 4.59. The van der Waals surface area contributed by atoms with E-state index in [0.29, 0.717) is 23.5 Å². The molecule has 3 rings (SSSR count). The van der Waals surface area contributed by atoms with E-state index in [1.165, 1.54) is 0 Å². The average Bonchev–Trinajstić information content (AvgIpc) is 2.94. The molecule has 0 amide bonds. The maximum Gasteiger partial charge on any atom is 0.337 e. The molecule has 0 unspecified atom stereocenters. The molecule has 20 heavy (non-hydrogen) atoms. The monoisotopic (exact) mass is 271 g/mol. The largest absolute Gasteiger partial charge is 0.478 e. The highest BCUT2D eigenvalue weighted by molar-refractivity contribution is 6.01. The molecule has 0 saturated carbocycles. The van der Waals surface area contributed by atoms with E-state index in [4.69, 9.17) is 4.42 Å². The van der Waals surface area contributed by atoms with Crippen molar-refractivity contribution in [2.45, 2.75) is 20.4 Å². The molecular weight excluding hydrogens is 258 g/mol. The fourth-order valence-electron chi connectivity index (χ4n) is 2.28. The summed E-state index contributed by atoms with van der Waals surface area (Å²) in [5.41, 5.74) is 1.48. The number of para-hydroxylation sites is 1. The first kappa shape index (κ1) is 12.4. The minimum Gasteiger partial charge on any atom is -0.478 e. The second kappa shape index (κ2) is 4.48. The summed E-state index contributed by atoms with van der Waals surface area (Å²) < 4.78 is 7.26. The van der Waals surface area contributed by atoms with Crippen LogP contribution in [0.1, 0.15) is 27.8 Å². The summed E-state index contributed by atoms with van der Waals surface area (Å²) >= 11 is 0. The molecule has 1 aromatic carbocycles. The molecule has 1 N–H and O–H groups in total. The third-order valence-electron chi connectivity index (χ3n) is 3.15. The summed E-state index contributed by atoms with van der Waals surface area (Å²) in [5, 5.41) is 9.31. The van der Waals surface area contributed by atoms with Crippen molar-refractivity contribution in [2.24, 2.45) is 0 Å². The van der Waals surface area contributed by atoms with Crippen molar-refractivity contribution in [2.75, 3.05) is 0 Å². The molecule has 6 nitrogen and oxygen atoms in total. The molecule has 0 spiro atoms. The predicted molar refractivity (Wildman–Crippen MR) is 71.8 cm³/mol. The number of oxazole rings is 1. The van der Waals surface area contributed by atoms with Crippen molar-refractivity contribution < 1.29 is 14.3 Å². The molecular formula is C14H13N3O3. The lowest BCUT2D eigenvalue weighted by molar-refractivity contribution is 0.0698. The Bertz CT molecular complexity index is 801. The van der Waals surface area contributed by atoms with Gasteiger partial charge in [-0.05, 0) is 26.0 Å². The van der Waals surface area contributed by atoms with Gasteiger partial charge in [-0.25, -0.2) is 14.8 Å². The highest BCUT2D eigenvalue weighted by Crippen LogP contribution is 2.21. The average molecular weight is 271 g/mol. The molecule has 0 radical (unpaired) electrons. The van der Waals surface area contributed by atoms with E-state index in [2.05, 4.69) is 9.97 Å². The Balaban J connectivity index is 2.18. The fourth-order valence-corrected chi connectivity index (χ4v) is 2.28. The number of fused-ring (bicyclic) bond motifs is 1. The number of hydrogen-bond acceptors (Lipinski definition) is 4. The van der Waals surface area contributed by atoms with Gasteiger partial charge in [-0.1, -0.05) is 6.07 Å². The molecule has 0 aliphatic heterocycles. The summed E-state index contributed by atoms with van der Waals surface area (Å²) in [4.78, 5) is 19.9. The van der Waals surface area contributed by atoms with E-state index in [0.717, 1.165) is 11.6 Å². The number of aromatic carboxylic acids is 1. The molecule has 0 bridgehead atoms. The first-order valence-electron chi connectivity index (χ1n) is 6.16. The number of aromatic nitrogens is 3. The number of aryl methyl sites for hydroxylation is 2. The number of rotatable bonds is 3. The van der Waals surface area contributed by atoms with E-state index in [1.54, 1.807) is 24.4 Å². The van der Waals surface area contributed by atoms with Gasteiger partial charge in [0.25, 0.3) is 0 Å². The zero-order chi connectivity index (χ0) is 14.3. The van der Waals surface area contributed by atoms with Crippen LogP contribution in [0.5, 0.6) is 0 Å². The minimum atomic E-state index is -0.972. The molecule has 3 aromatic rings. The molecule has 102 valence electrons. The topological polar surface area (TPSA) is 81.2 Å². The van der Waals surface area contributed by atoms with Gasteiger partial charge < -0.3 is 14.1 Å². The molecule has 0 fully saturated rings. The van der Waals surface area contributed by atoms with E-state index in [1.807, 2.05) is 18.4 Å². The van der Waals surface area contributed by atoms with E-state index < -0.39 is 5.97 Å². The molecule has 0 aliphatic rings. The molecule has 0 aliphatic carbocycles. The van der Waals surface area contributed by atoms with E-state index in [-0.39, 0.29) is 5.56 Å². The van der Waals surface area contributed by atoms with Gasteiger partial charge in [0.2, 0.25) is 5.89 Å². The van der Waals surface area contributed by atoms with E-state index in [9.17, 15) is 9.90 Å². The van der Waals surface area contributed by atoms with Crippen LogP contribution in [0, 0.1) is 13.8 Å². The van der Waals surface area contributed by atoms with Crippen LogP contribution in [0.3, 0.4) is 0 Å².